The molecule has 4 nitrogen and oxygen atoms in total. The monoisotopic (exact) mass is 206 g/mol. The van der Waals surface area contributed by atoms with Gasteiger partial charge in [0.05, 0.1) is 12.7 Å². The van der Waals surface area contributed by atoms with E-state index in [-0.39, 0.29) is 6.61 Å². The Labute approximate surface area is 55.7 Å². The first-order chi connectivity index (χ1) is 3.68. The third-order valence-electron chi connectivity index (χ3n) is 0.264. The summed E-state index contributed by atoms with van der Waals surface area (Å²) in [7, 11) is 0. The number of hydrogen-bond donors (Lipinski definition) is 2. The van der Waals surface area contributed by atoms with Crippen molar-refractivity contribution in [2.24, 2.45) is 0 Å². The standard InChI is InChI=1S/C3H8O2.Mo.2O/c1-3(5)2-4;;;/h3-5H,2H2,1H3;;;. The Morgan fingerprint density at radius 2 is 1.75 bits per heavy atom. The van der Waals surface area contributed by atoms with Crippen LogP contribution in [-0.2, 0) is 25.3 Å². The Morgan fingerprint density at radius 3 is 1.75 bits per heavy atom. The van der Waals surface area contributed by atoms with Crippen LogP contribution in [0.4, 0.5) is 0 Å². The predicted octanol–water partition coefficient (Wildman–Crippen LogP) is -0.881. The number of rotatable bonds is 1. The van der Waals surface area contributed by atoms with Gasteiger partial charge in [-0.15, -0.1) is 0 Å². The number of aliphatic hydroxyl groups is 2. The van der Waals surface area contributed by atoms with Crippen molar-refractivity contribution >= 4 is 0 Å². The summed E-state index contributed by atoms with van der Waals surface area (Å²) in [6.45, 7) is 1.39. The Morgan fingerprint density at radius 1 is 1.62 bits per heavy atom. The van der Waals surface area contributed by atoms with Crippen molar-refractivity contribution in [1.29, 1.82) is 0 Å². The van der Waals surface area contributed by atoms with Crippen molar-refractivity contribution in [3.63, 3.8) is 0 Å². The Hall–Kier alpha value is 0.208. The third-order valence-corrected chi connectivity index (χ3v) is 0.264. The molecule has 2 N–H and O–H groups in total. The molecular weight excluding hydrogens is 196 g/mol. The Balaban J connectivity index is 0. The molecule has 0 amide bonds. The summed E-state index contributed by atoms with van der Waals surface area (Å²) in [6, 6.07) is 0. The van der Waals surface area contributed by atoms with Gasteiger partial charge >= 0.3 is 25.3 Å². The maximum atomic E-state index is 8.50. The van der Waals surface area contributed by atoms with Crippen LogP contribution in [0.3, 0.4) is 0 Å². The fraction of sp³-hybridized carbons (Fsp3) is 1.00. The molecule has 0 radical (unpaired) electrons. The van der Waals surface area contributed by atoms with Gasteiger partial charge in [-0.25, -0.2) is 0 Å². The average Bonchev–Trinajstić information content (AvgIpc) is 1.69. The van der Waals surface area contributed by atoms with Crippen molar-refractivity contribution in [1.82, 2.24) is 0 Å². The summed E-state index contributed by atoms with van der Waals surface area (Å²) in [5.41, 5.74) is 0. The second-order valence-corrected chi connectivity index (χ2v) is 1.43. The minimum absolute atomic E-state index is 0.139. The quantitative estimate of drug-likeness (QED) is 0.544. The van der Waals surface area contributed by atoms with E-state index in [2.05, 4.69) is 0 Å². The third kappa shape index (κ3) is 34.5. The average molecular weight is 204 g/mol. The van der Waals surface area contributed by atoms with Gasteiger partial charge in [-0.2, -0.15) is 0 Å². The zero-order chi connectivity index (χ0) is 6.99. The van der Waals surface area contributed by atoms with Crippen LogP contribution in [-0.4, -0.2) is 22.9 Å². The van der Waals surface area contributed by atoms with Crippen molar-refractivity contribution < 1.29 is 35.5 Å². The summed E-state index contributed by atoms with van der Waals surface area (Å²) in [5.74, 6) is 0. The number of aliphatic hydroxyl groups excluding tert-OH is 2. The molecule has 1 unspecified atom stereocenters. The Bertz CT molecular complexity index is 65.7. The van der Waals surface area contributed by atoms with E-state index in [1.807, 2.05) is 0 Å². The normalized spacial score (nSPS) is 10.9. The van der Waals surface area contributed by atoms with Crippen LogP contribution in [0, 0.1) is 0 Å². The van der Waals surface area contributed by atoms with Gasteiger partial charge in [0.25, 0.3) is 0 Å². The van der Waals surface area contributed by atoms with Crippen LogP contribution < -0.4 is 0 Å². The van der Waals surface area contributed by atoms with Gasteiger partial charge in [-0.3, -0.25) is 0 Å². The van der Waals surface area contributed by atoms with Crippen molar-refractivity contribution in [3.8, 4) is 0 Å². The molecule has 50 valence electrons. The summed E-state index contributed by atoms with van der Waals surface area (Å²) in [5, 5.41) is 16.0. The van der Waals surface area contributed by atoms with Gasteiger partial charge in [0.2, 0.25) is 0 Å². The molecule has 0 aromatic carbocycles. The first-order valence-electron chi connectivity index (χ1n) is 1.89. The molecule has 0 aromatic rings. The molecular formula is C3H8MoO4. The summed E-state index contributed by atoms with van der Waals surface area (Å²) in [6.07, 6.45) is -0.560. The molecule has 0 heterocycles. The first kappa shape index (κ1) is 11.1. The van der Waals surface area contributed by atoms with Gasteiger partial charge < -0.3 is 10.2 Å². The van der Waals surface area contributed by atoms with E-state index in [0.717, 1.165) is 0 Å². The zero-order valence-electron chi connectivity index (χ0n) is 4.40. The van der Waals surface area contributed by atoms with Crippen molar-refractivity contribution in [3.05, 3.63) is 0 Å². The molecule has 0 saturated carbocycles. The van der Waals surface area contributed by atoms with Gasteiger partial charge in [-0.1, -0.05) is 0 Å². The van der Waals surface area contributed by atoms with Crippen LogP contribution in [0.5, 0.6) is 0 Å². The molecule has 8 heavy (non-hydrogen) atoms. The Kier molecular flexibility index (Phi) is 14.2. The second-order valence-electron chi connectivity index (χ2n) is 1.10. The zero-order valence-corrected chi connectivity index (χ0v) is 6.41. The SMILES string of the molecule is CC(O)CO.[O]=[Mo]=[O]. The van der Waals surface area contributed by atoms with E-state index in [1.165, 1.54) is 6.92 Å². The topological polar surface area (TPSA) is 74.6 Å². The van der Waals surface area contributed by atoms with Crippen molar-refractivity contribution in [2.45, 2.75) is 13.0 Å². The maximum absolute atomic E-state index is 8.50. The van der Waals surface area contributed by atoms with Crippen LogP contribution >= 0.6 is 0 Å². The molecule has 1 atom stereocenters. The molecule has 0 spiro atoms. The van der Waals surface area contributed by atoms with Gasteiger partial charge in [-0.05, 0) is 6.92 Å². The molecule has 0 aromatic heterocycles. The van der Waals surface area contributed by atoms with E-state index >= 15 is 0 Å². The molecule has 0 saturated heterocycles. The first-order valence-corrected chi connectivity index (χ1v) is 3.53. The fourth-order valence-electron chi connectivity index (χ4n) is 0. The van der Waals surface area contributed by atoms with Gasteiger partial charge in [0.1, 0.15) is 0 Å². The summed E-state index contributed by atoms with van der Waals surface area (Å²) in [4.78, 5) is 0. The second kappa shape index (κ2) is 10.2. The molecule has 5 heteroatoms. The van der Waals surface area contributed by atoms with Crippen LogP contribution in [0.2, 0.25) is 0 Å². The van der Waals surface area contributed by atoms with E-state index in [1.54, 1.807) is 0 Å². The summed E-state index contributed by atoms with van der Waals surface area (Å²) >= 11 is -2.03. The van der Waals surface area contributed by atoms with E-state index in [0.29, 0.717) is 0 Å². The van der Waals surface area contributed by atoms with E-state index in [9.17, 15) is 0 Å². The summed E-state index contributed by atoms with van der Waals surface area (Å²) < 4.78 is 17.0. The minimum atomic E-state index is -2.03. The van der Waals surface area contributed by atoms with Gasteiger partial charge in [0.15, 0.2) is 0 Å². The fourth-order valence-corrected chi connectivity index (χ4v) is 0. The van der Waals surface area contributed by atoms with E-state index in [4.69, 9.17) is 17.0 Å². The molecule has 0 aliphatic rings. The van der Waals surface area contributed by atoms with Crippen LogP contribution in [0.15, 0.2) is 0 Å². The van der Waals surface area contributed by atoms with Crippen LogP contribution in [0.25, 0.3) is 0 Å². The van der Waals surface area contributed by atoms with Crippen LogP contribution in [0.1, 0.15) is 6.92 Å². The molecule has 0 aliphatic heterocycles. The van der Waals surface area contributed by atoms with E-state index < -0.39 is 24.6 Å². The number of hydrogen-bond acceptors (Lipinski definition) is 4. The molecule has 0 aliphatic carbocycles. The molecule has 0 bridgehead atoms. The molecule has 0 fully saturated rings. The molecule has 0 rings (SSSR count). The van der Waals surface area contributed by atoms with Gasteiger partial charge in [0, 0.05) is 0 Å². The van der Waals surface area contributed by atoms with Crippen molar-refractivity contribution in [2.75, 3.05) is 6.61 Å². The predicted molar refractivity (Wildman–Crippen MR) is 20.1 cm³/mol.